The highest BCUT2D eigenvalue weighted by Crippen LogP contribution is 2.22. The summed E-state index contributed by atoms with van der Waals surface area (Å²) in [7, 11) is 0. The summed E-state index contributed by atoms with van der Waals surface area (Å²) in [6, 6.07) is 4.17. The van der Waals surface area contributed by atoms with Gasteiger partial charge in [-0.1, -0.05) is 13.0 Å². The van der Waals surface area contributed by atoms with E-state index in [1.54, 1.807) is 11.3 Å². The number of hydrogen-bond acceptors (Lipinski definition) is 2. The van der Waals surface area contributed by atoms with Crippen LogP contribution in [0.25, 0.3) is 0 Å². The minimum Gasteiger partial charge on any atom is -0.396 e. The van der Waals surface area contributed by atoms with Crippen LogP contribution in [-0.2, 0) is 0 Å². The first kappa shape index (κ1) is 7.76. The molecule has 1 aromatic heterocycles. The van der Waals surface area contributed by atoms with Gasteiger partial charge in [0.15, 0.2) is 0 Å². The molecule has 0 saturated heterocycles. The van der Waals surface area contributed by atoms with Gasteiger partial charge in [-0.3, -0.25) is 0 Å². The lowest BCUT2D eigenvalue weighted by atomic mass is 10.1. The lowest BCUT2D eigenvalue weighted by molar-refractivity contribution is 0.279. The van der Waals surface area contributed by atoms with E-state index < -0.39 is 0 Å². The second kappa shape index (κ2) is 3.74. The molecule has 1 rings (SSSR count). The van der Waals surface area contributed by atoms with Crippen LogP contribution in [-0.4, -0.2) is 11.7 Å². The van der Waals surface area contributed by atoms with Gasteiger partial charge in [0.25, 0.3) is 0 Å². The maximum Gasteiger partial charge on any atom is 0.0437 e. The zero-order valence-corrected chi connectivity index (χ0v) is 6.90. The van der Waals surface area contributed by atoms with Crippen molar-refractivity contribution >= 4 is 11.3 Å². The highest BCUT2D eigenvalue weighted by atomic mass is 32.1. The van der Waals surface area contributed by atoms with Gasteiger partial charge in [-0.25, -0.2) is 0 Å². The van der Waals surface area contributed by atoms with Crippen molar-refractivity contribution in [2.45, 2.75) is 19.3 Å². The van der Waals surface area contributed by atoms with E-state index in [0.29, 0.717) is 12.5 Å². The molecule has 0 aliphatic rings. The topological polar surface area (TPSA) is 20.2 Å². The molecular formula is C8H12OS. The van der Waals surface area contributed by atoms with Crippen molar-refractivity contribution in [3.8, 4) is 0 Å². The predicted octanol–water partition coefficient (Wildman–Crippen LogP) is 2.23. The molecule has 0 amide bonds. The highest BCUT2D eigenvalue weighted by Gasteiger charge is 2.03. The third-order valence-electron chi connectivity index (χ3n) is 1.59. The summed E-state index contributed by atoms with van der Waals surface area (Å²) in [6.07, 6.45) is 0.876. The maximum absolute atomic E-state index is 8.64. The smallest absolute Gasteiger partial charge is 0.0437 e. The zero-order chi connectivity index (χ0) is 7.40. The van der Waals surface area contributed by atoms with Gasteiger partial charge in [-0.05, 0) is 23.8 Å². The van der Waals surface area contributed by atoms with E-state index in [0.717, 1.165) is 6.42 Å². The molecule has 0 saturated carbocycles. The van der Waals surface area contributed by atoms with E-state index in [2.05, 4.69) is 18.4 Å². The van der Waals surface area contributed by atoms with E-state index in [1.807, 2.05) is 6.07 Å². The molecule has 1 heterocycles. The van der Waals surface area contributed by atoms with Crippen molar-refractivity contribution in [1.29, 1.82) is 0 Å². The highest BCUT2D eigenvalue weighted by molar-refractivity contribution is 7.10. The van der Waals surface area contributed by atoms with Crippen LogP contribution in [0.15, 0.2) is 17.5 Å². The van der Waals surface area contributed by atoms with Crippen molar-refractivity contribution in [2.24, 2.45) is 0 Å². The molecular weight excluding hydrogens is 144 g/mol. The summed E-state index contributed by atoms with van der Waals surface area (Å²) in [4.78, 5) is 1.37. The van der Waals surface area contributed by atoms with Crippen LogP contribution in [0, 0.1) is 0 Å². The fraction of sp³-hybridized carbons (Fsp3) is 0.500. The van der Waals surface area contributed by atoms with Crippen LogP contribution in [0.4, 0.5) is 0 Å². The Bertz CT molecular complexity index is 169. The summed E-state index contributed by atoms with van der Waals surface area (Å²) in [5.74, 6) is 0.519. The van der Waals surface area contributed by atoms with Gasteiger partial charge in [0.1, 0.15) is 0 Å². The fourth-order valence-corrected chi connectivity index (χ4v) is 1.73. The molecule has 56 valence electrons. The molecule has 0 spiro atoms. The first-order chi connectivity index (χ1) is 4.84. The van der Waals surface area contributed by atoms with E-state index in [1.165, 1.54) is 4.88 Å². The van der Waals surface area contributed by atoms with Crippen LogP contribution in [0.5, 0.6) is 0 Å². The standard InChI is InChI=1S/C8H12OS/c1-7(4-5-9)8-3-2-6-10-8/h2-3,6-7,9H,4-5H2,1H3. The van der Waals surface area contributed by atoms with Crippen LogP contribution >= 0.6 is 11.3 Å². The predicted molar refractivity (Wildman–Crippen MR) is 44.4 cm³/mol. The van der Waals surface area contributed by atoms with Gasteiger partial charge in [0.05, 0.1) is 0 Å². The summed E-state index contributed by atoms with van der Waals surface area (Å²) in [5.41, 5.74) is 0. The number of rotatable bonds is 3. The van der Waals surface area contributed by atoms with Gasteiger partial charge in [-0.15, -0.1) is 11.3 Å². The summed E-state index contributed by atoms with van der Waals surface area (Å²) in [6.45, 7) is 2.43. The van der Waals surface area contributed by atoms with Crippen molar-refractivity contribution in [2.75, 3.05) is 6.61 Å². The van der Waals surface area contributed by atoms with Crippen molar-refractivity contribution in [3.63, 3.8) is 0 Å². The van der Waals surface area contributed by atoms with Crippen LogP contribution in [0.3, 0.4) is 0 Å². The van der Waals surface area contributed by atoms with Gasteiger partial charge in [-0.2, -0.15) is 0 Å². The van der Waals surface area contributed by atoms with Crippen LogP contribution < -0.4 is 0 Å². The second-order valence-electron chi connectivity index (χ2n) is 2.43. The lowest BCUT2D eigenvalue weighted by Crippen LogP contribution is -1.92. The van der Waals surface area contributed by atoms with Crippen molar-refractivity contribution < 1.29 is 5.11 Å². The Labute approximate surface area is 65.3 Å². The first-order valence-electron chi connectivity index (χ1n) is 3.49. The number of aliphatic hydroxyl groups is 1. The van der Waals surface area contributed by atoms with Crippen molar-refractivity contribution in [3.05, 3.63) is 22.4 Å². The number of hydrogen-bond donors (Lipinski definition) is 1. The molecule has 1 atom stereocenters. The molecule has 1 unspecified atom stereocenters. The SMILES string of the molecule is CC(CCO)c1cccs1. The van der Waals surface area contributed by atoms with Crippen LogP contribution in [0.1, 0.15) is 24.1 Å². The molecule has 0 bridgehead atoms. The quantitative estimate of drug-likeness (QED) is 0.711. The average Bonchev–Trinajstić information content (AvgIpc) is 2.38. The Morgan fingerprint density at radius 3 is 3.00 bits per heavy atom. The molecule has 1 aromatic rings. The van der Waals surface area contributed by atoms with E-state index in [9.17, 15) is 0 Å². The zero-order valence-electron chi connectivity index (χ0n) is 6.08. The summed E-state index contributed by atoms with van der Waals surface area (Å²) >= 11 is 1.76. The second-order valence-corrected chi connectivity index (χ2v) is 3.41. The Hall–Kier alpha value is -0.340. The van der Waals surface area contributed by atoms with Gasteiger partial charge < -0.3 is 5.11 Å². The molecule has 0 fully saturated rings. The van der Waals surface area contributed by atoms with Gasteiger partial charge in [0.2, 0.25) is 0 Å². The normalized spacial score (nSPS) is 13.4. The Kier molecular flexibility index (Phi) is 2.90. The largest absolute Gasteiger partial charge is 0.396 e. The van der Waals surface area contributed by atoms with Crippen LogP contribution in [0.2, 0.25) is 0 Å². The van der Waals surface area contributed by atoms with E-state index >= 15 is 0 Å². The minimum absolute atomic E-state index is 0.291. The van der Waals surface area contributed by atoms with Gasteiger partial charge >= 0.3 is 0 Å². The minimum atomic E-state index is 0.291. The molecule has 2 heteroatoms. The monoisotopic (exact) mass is 156 g/mol. The molecule has 0 radical (unpaired) electrons. The molecule has 0 aliphatic heterocycles. The Balaban J connectivity index is 2.50. The third kappa shape index (κ3) is 1.82. The lowest BCUT2D eigenvalue weighted by Gasteiger charge is -2.04. The molecule has 1 nitrogen and oxygen atoms in total. The molecule has 10 heavy (non-hydrogen) atoms. The Morgan fingerprint density at radius 1 is 1.70 bits per heavy atom. The first-order valence-corrected chi connectivity index (χ1v) is 4.37. The molecule has 0 aromatic carbocycles. The summed E-state index contributed by atoms with van der Waals surface area (Å²) < 4.78 is 0. The number of aliphatic hydroxyl groups excluding tert-OH is 1. The average molecular weight is 156 g/mol. The van der Waals surface area contributed by atoms with E-state index in [-0.39, 0.29) is 0 Å². The van der Waals surface area contributed by atoms with Crippen molar-refractivity contribution in [1.82, 2.24) is 0 Å². The fourth-order valence-electron chi connectivity index (χ4n) is 0.908. The maximum atomic E-state index is 8.64. The third-order valence-corrected chi connectivity index (χ3v) is 2.69. The molecule has 1 N–H and O–H groups in total. The summed E-state index contributed by atoms with van der Waals surface area (Å²) in [5, 5.41) is 10.7. The molecule has 0 aliphatic carbocycles. The Morgan fingerprint density at radius 2 is 2.50 bits per heavy atom. The van der Waals surface area contributed by atoms with E-state index in [4.69, 9.17) is 5.11 Å². The number of thiophene rings is 1. The van der Waals surface area contributed by atoms with Gasteiger partial charge in [0, 0.05) is 11.5 Å².